The van der Waals surface area contributed by atoms with Crippen LogP contribution in [-0.2, 0) is 10.0 Å². The molecular weight excluding hydrogens is 473 g/mol. The second-order valence-corrected chi connectivity index (χ2v) is 10.4. The van der Waals surface area contributed by atoms with Gasteiger partial charge in [0.15, 0.2) is 5.13 Å². The number of hydrogen-bond acceptors (Lipinski definition) is 6. The third kappa shape index (κ3) is 6.96. The Labute approximate surface area is 188 Å². The van der Waals surface area contributed by atoms with E-state index in [1.807, 2.05) is 0 Å². The molecule has 2 aromatic rings. The minimum Gasteiger partial charge on any atom is -0.384 e. The highest BCUT2D eigenvalue weighted by Crippen LogP contribution is 2.30. The van der Waals surface area contributed by atoms with Crippen LogP contribution in [0.4, 0.5) is 24.0 Å². The molecule has 0 aliphatic carbocycles. The van der Waals surface area contributed by atoms with Crippen LogP contribution in [0.1, 0.15) is 38.5 Å². The fourth-order valence-corrected chi connectivity index (χ4v) is 5.58. The molecule has 0 amide bonds. The van der Waals surface area contributed by atoms with Gasteiger partial charge in [-0.1, -0.05) is 30.9 Å². The zero-order valence-electron chi connectivity index (χ0n) is 16.6. The van der Waals surface area contributed by atoms with E-state index < -0.39 is 26.7 Å². The van der Waals surface area contributed by atoms with Crippen LogP contribution in [0, 0.1) is 5.82 Å². The molecule has 0 spiro atoms. The van der Waals surface area contributed by atoms with Gasteiger partial charge in [-0.05, 0) is 25.0 Å². The fraction of sp³-hybridized carbons (Fsp3) is 0.526. The van der Waals surface area contributed by atoms with Crippen LogP contribution in [0.2, 0.25) is 5.02 Å². The number of nitrogens with one attached hydrogen (secondary N) is 3. The van der Waals surface area contributed by atoms with E-state index >= 15 is 0 Å². The molecule has 3 N–H and O–H groups in total. The van der Waals surface area contributed by atoms with Crippen molar-refractivity contribution in [1.29, 1.82) is 0 Å². The smallest absolute Gasteiger partial charge is 0.266 e. The van der Waals surface area contributed by atoms with Gasteiger partial charge in [0.05, 0.1) is 17.3 Å². The van der Waals surface area contributed by atoms with Gasteiger partial charge >= 0.3 is 0 Å². The van der Waals surface area contributed by atoms with Crippen molar-refractivity contribution in [3.8, 4) is 0 Å². The molecule has 0 saturated carbocycles. The maximum absolute atomic E-state index is 14.4. The van der Waals surface area contributed by atoms with Crippen molar-refractivity contribution in [3.63, 3.8) is 0 Å². The Kier molecular flexibility index (Phi) is 8.06. The van der Waals surface area contributed by atoms with Gasteiger partial charge in [0.25, 0.3) is 15.9 Å². The molecule has 2 heterocycles. The number of halogens is 4. The van der Waals surface area contributed by atoms with Gasteiger partial charge in [-0.25, -0.2) is 26.6 Å². The minimum atomic E-state index is -4.14. The lowest BCUT2D eigenvalue weighted by Gasteiger charge is -2.12. The summed E-state index contributed by atoms with van der Waals surface area (Å²) in [5.74, 6) is -3.51. The van der Waals surface area contributed by atoms with Gasteiger partial charge < -0.3 is 10.6 Å². The zero-order valence-corrected chi connectivity index (χ0v) is 19.0. The van der Waals surface area contributed by atoms with E-state index in [1.54, 1.807) is 5.38 Å². The average molecular weight is 497 g/mol. The highest BCUT2D eigenvalue weighted by Gasteiger charge is 2.38. The van der Waals surface area contributed by atoms with Gasteiger partial charge in [0, 0.05) is 30.6 Å². The topological polar surface area (TPSA) is 83.1 Å². The second kappa shape index (κ2) is 10.4. The van der Waals surface area contributed by atoms with Gasteiger partial charge in [0.2, 0.25) is 0 Å². The van der Waals surface area contributed by atoms with E-state index in [-0.39, 0.29) is 29.2 Å². The van der Waals surface area contributed by atoms with Crippen LogP contribution in [0.15, 0.2) is 28.6 Å². The Morgan fingerprint density at radius 1 is 1.26 bits per heavy atom. The van der Waals surface area contributed by atoms with E-state index in [2.05, 4.69) is 20.3 Å². The van der Waals surface area contributed by atoms with Gasteiger partial charge in [-0.3, -0.25) is 4.72 Å². The van der Waals surface area contributed by atoms with E-state index in [0.717, 1.165) is 55.6 Å². The third-order valence-electron chi connectivity index (χ3n) is 4.95. The monoisotopic (exact) mass is 496 g/mol. The van der Waals surface area contributed by atoms with Crippen LogP contribution < -0.4 is 15.4 Å². The van der Waals surface area contributed by atoms with Crippen LogP contribution >= 0.6 is 22.9 Å². The van der Waals surface area contributed by atoms with Gasteiger partial charge in [0.1, 0.15) is 10.7 Å². The van der Waals surface area contributed by atoms with Gasteiger partial charge in [-0.15, -0.1) is 11.3 Å². The maximum Gasteiger partial charge on any atom is 0.266 e. The predicted octanol–water partition coefficient (Wildman–Crippen LogP) is 5.10. The summed E-state index contributed by atoms with van der Waals surface area (Å²) in [5, 5.41) is 7.68. The Morgan fingerprint density at radius 3 is 2.71 bits per heavy atom. The Morgan fingerprint density at radius 2 is 2.03 bits per heavy atom. The Balaban J connectivity index is 1.42. The summed E-state index contributed by atoms with van der Waals surface area (Å²) in [7, 11) is -4.14. The standard InChI is InChI=1S/C19H24ClF3N4O2S2/c20-14-9-17(31(28,29)27-18-25-7-8-30-18)15(21)10-16(14)24-6-4-2-1-3-5-13-11-19(22,23)12-26-13/h7-10,13,24,26H,1-6,11-12H2,(H,25,27)/t13-/m0/s1. The van der Waals surface area contributed by atoms with Crippen molar-refractivity contribution < 1.29 is 21.6 Å². The first-order valence-corrected chi connectivity index (χ1v) is 12.7. The van der Waals surface area contributed by atoms with Crippen LogP contribution in [-0.4, -0.2) is 38.5 Å². The molecule has 1 aliphatic rings. The number of unbranched alkanes of at least 4 members (excludes halogenated alkanes) is 3. The molecule has 1 aromatic carbocycles. The number of nitrogens with zero attached hydrogens (tertiary/aromatic N) is 1. The summed E-state index contributed by atoms with van der Waals surface area (Å²) in [5.41, 5.74) is 0.310. The SMILES string of the molecule is O=S(=O)(Nc1nccs1)c1cc(Cl)c(NCCCCCC[C@H]2CC(F)(F)CN2)cc1F. The maximum atomic E-state index is 14.4. The number of aromatic nitrogens is 1. The second-order valence-electron chi connectivity index (χ2n) is 7.47. The highest BCUT2D eigenvalue weighted by atomic mass is 35.5. The summed E-state index contributed by atoms with van der Waals surface area (Å²) >= 11 is 7.22. The summed E-state index contributed by atoms with van der Waals surface area (Å²) in [6.45, 7) is 0.294. The van der Waals surface area contributed by atoms with E-state index in [1.165, 1.54) is 6.20 Å². The molecule has 0 unspecified atom stereocenters. The van der Waals surface area contributed by atoms with Crippen LogP contribution in [0.5, 0.6) is 0 Å². The first-order chi connectivity index (χ1) is 14.7. The first kappa shape index (κ1) is 24.1. The molecule has 1 fully saturated rings. The molecule has 1 aromatic heterocycles. The Hall–Kier alpha value is -1.56. The van der Waals surface area contributed by atoms with Crippen LogP contribution in [0.25, 0.3) is 0 Å². The molecule has 1 aliphatic heterocycles. The molecule has 31 heavy (non-hydrogen) atoms. The zero-order chi connectivity index (χ0) is 22.5. The Bertz CT molecular complexity index is 975. The molecule has 6 nitrogen and oxygen atoms in total. The van der Waals surface area contributed by atoms with Crippen molar-refractivity contribution in [2.24, 2.45) is 0 Å². The average Bonchev–Trinajstić information content (AvgIpc) is 3.31. The number of alkyl halides is 2. The van der Waals surface area contributed by atoms with Crippen LogP contribution in [0.3, 0.4) is 0 Å². The summed E-state index contributed by atoms with van der Waals surface area (Å²) < 4.78 is 67.6. The fourth-order valence-electron chi connectivity index (χ4n) is 3.41. The number of rotatable bonds is 11. The normalized spacial score (nSPS) is 18.3. The first-order valence-electron chi connectivity index (χ1n) is 9.93. The molecule has 172 valence electrons. The summed E-state index contributed by atoms with van der Waals surface area (Å²) in [6, 6.07) is 2.01. The molecule has 1 saturated heterocycles. The van der Waals surface area contributed by atoms with E-state index in [9.17, 15) is 21.6 Å². The molecule has 0 bridgehead atoms. The largest absolute Gasteiger partial charge is 0.384 e. The van der Waals surface area contributed by atoms with Gasteiger partial charge in [-0.2, -0.15) is 0 Å². The van der Waals surface area contributed by atoms with Crippen molar-refractivity contribution in [2.45, 2.75) is 55.4 Å². The number of benzene rings is 1. The third-order valence-corrected chi connectivity index (χ3v) is 7.44. The lowest BCUT2D eigenvalue weighted by Crippen LogP contribution is -2.22. The number of hydrogen-bond donors (Lipinski definition) is 3. The lowest BCUT2D eigenvalue weighted by atomic mass is 10.0. The van der Waals surface area contributed by atoms with Crippen molar-refractivity contribution in [1.82, 2.24) is 10.3 Å². The molecule has 0 radical (unpaired) electrons. The quantitative estimate of drug-likeness (QED) is 0.377. The van der Waals surface area contributed by atoms with Crippen molar-refractivity contribution in [2.75, 3.05) is 23.1 Å². The van der Waals surface area contributed by atoms with Crippen molar-refractivity contribution in [3.05, 3.63) is 34.5 Å². The number of thiazole rings is 1. The van der Waals surface area contributed by atoms with Crippen molar-refractivity contribution >= 4 is 43.8 Å². The molecule has 1 atom stereocenters. The summed E-state index contributed by atoms with van der Waals surface area (Å²) in [6.07, 6.45) is 5.52. The highest BCUT2D eigenvalue weighted by molar-refractivity contribution is 7.93. The molecule has 12 heteroatoms. The minimum absolute atomic E-state index is 0.0918. The summed E-state index contributed by atoms with van der Waals surface area (Å²) in [4.78, 5) is 3.27. The van der Waals surface area contributed by atoms with E-state index in [4.69, 9.17) is 11.6 Å². The number of sulfonamides is 1. The molecular formula is C19H24ClF3N4O2S2. The molecule has 3 rings (SSSR count). The predicted molar refractivity (Wildman–Crippen MR) is 117 cm³/mol. The van der Waals surface area contributed by atoms with E-state index in [0.29, 0.717) is 12.2 Å². The number of anilines is 2. The lowest BCUT2D eigenvalue weighted by molar-refractivity contribution is 0.0208.